The van der Waals surface area contributed by atoms with Crippen LogP contribution in [0.25, 0.3) is 0 Å². The Kier molecular flexibility index (Phi) is 6.42. The Morgan fingerprint density at radius 1 is 1.50 bits per heavy atom. The van der Waals surface area contributed by atoms with Gasteiger partial charge in [-0.15, -0.1) is 0 Å². The summed E-state index contributed by atoms with van der Waals surface area (Å²) in [5, 5.41) is 0. The van der Waals surface area contributed by atoms with Crippen LogP contribution in [0.1, 0.15) is 20.3 Å². The van der Waals surface area contributed by atoms with E-state index in [1.807, 2.05) is 19.9 Å². The second-order valence-electron chi connectivity index (χ2n) is 2.53. The summed E-state index contributed by atoms with van der Waals surface area (Å²) >= 11 is 0. The van der Waals surface area contributed by atoms with Gasteiger partial charge in [0.05, 0.1) is 13.2 Å². The van der Waals surface area contributed by atoms with Crippen molar-refractivity contribution in [3.05, 3.63) is 23.9 Å². The van der Waals surface area contributed by atoms with Crippen molar-refractivity contribution >= 4 is 0 Å². The molecule has 0 fully saturated rings. The molecule has 0 aliphatic carbocycles. The summed E-state index contributed by atoms with van der Waals surface area (Å²) in [6.45, 7) is 8.59. The van der Waals surface area contributed by atoms with E-state index < -0.39 is 0 Å². The zero-order valence-electron chi connectivity index (χ0n) is 7.80. The fraction of sp³-hybridized carbons (Fsp3) is 0.556. The third-order valence-corrected chi connectivity index (χ3v) is 1.14. The molecule has 3 heteroatoms. The quantitative estimate of drug-likeness (QED) is 0.286. The Balaban J connectivity index is 3.39. The third kappa shape index (κ3) is 7.31. The molecular formula is C9H17NO2. The molecule has 0 aromatic carbocycles. The van der Waals surface area contributed by atoms with E-state index in [0.717, 1.165) is 17.7 Å². The molecule has 0 unspecified atom stereocenters. The Morgan fingerprint density at radius 3 is 2.67 bits per heavy atom. The summed E-state index contributed by atoms with van der Waals surface area (Å²) in [4.78, 5) is 9.50. The van der Waals surface area contributed by atoms with Gasteiger partial charge in [0.25, 0.3) is 0 Å². The molecule has 3 nitrogen and oxygen atoms in total. The number of hydrogen-bond donors (Lipinski definition) is 1. The number of hydrogen-bond acceptors (Lipinski definition) is 3. The molecule has 0 rings (SSSR count). The van der Waals surface area contributed by atoms with E-state index in [2.05, 4.69) is 6.58 Å². The minimum Gasteiger partial charge on any atom is -0.402 e. The summed E-state index contributed by atoms with van der Waals surface area (Å²) in [6, 6.07) is 0. The lowest BCUT2D eigenvalue weighted by atomic mass is 10.2. The van der Waals surface area contributed by atoms with E-state index >= 15 is 0 Å². The molecule has 2 N–H and O–H groups in total. The molecule has 0 saturated carbocycles. The first-order valence-corrected chi connectivity index (χ1v) is 4.02. The van der Waals surface area contributed by atoms with Crippen LogP contribution in [0.2, 0.25) is 0 Å². The van der Waals surface area contributed by atoms with Gasteiger partial charge >= 0.3 is 0 Å². The van der Waals surface area contributed by atoms with E-state index in [4.69, 9.17) is 15.5 Å². The van der Waals surface area contributed by atoms with Gasteiger partial charge in [-0.2, -0.15) is 0 Å². The van der Waals surface area contributed by atoms with Crippen LogP contribution in [0.5, 0.6) is 0 Å². The molecule has 0 saturated heterocycles. The van der Waals surface area contributed by atoms with Gasteiger partial charge in [0.2, 0.25) is 0 Å². The first-order valence-electron chi connectivity index (χ1n) is 4.02. The van der Waals surface area contributed by atoms with Gasteiger partial charge in [0, 0.05) is 5.70 Å². The lowest BCUT2D eigenvalue weighted by molar-refractivity contribution is -0.290. The Labute approximate surface area is 73.8 Å². The molecule has 0 aromatic heterocycles. The maximum absolute atomic E-state index is 5.45. The molecule has 0 amide bonds. The predicted octanol–water partition coefficient (Wildman–Crippen LogP) is 1.76. The molecule has 70 valence electrons. The molecule has 0 spiro atoms. The Hall–Kier alpha value is -0.800. The summed E-state index contributed by atoms with van der Waals surface area (Å²) in [7, 11) is 0. The zero-order chi connectivity index (χ0) is 9.40. The van der Waals surface area contributed by atoms with Crippen molar-refractivity contribution in [1.82, 2.24) is 0 Å². The van der Waals surface area contributed by atoms with Crippen LogP contribution in [-0.4, -0.2) is 13.2 Å². The highest BCUT2D eigenvalue weighted by Gasteiger charge is 1.91. The zero-order valence-corrected chi connectivity index (χ0v) is 7.80. The monoisotopic (exact) mass is 171 g/mol. The minimum absolute atomic E-state index is 0.524. The number of rotatable bonds is 6. The van der Waals surface area contributed by atoms with Crippen molar-refractivity contribution in [2.24, 2.45) is 5.73 Å². The fourth-order valence-electron chi connectivity index (χ4n) is 0.709. The normalized spacial score (nSPS) is 11.7. The van der Waals surface area contributed by atoms with E-state index in [1.54, 1.807) is 0 Å². The van der Waals surface area contributed by atoms with Crippen molar-refractivity contribution in [3.8, 4) is 0 Å². The summed E-state index contributed by atoms with van der Waals surface area (Å²) in [6.07, 6.45) is 2.57. The lowest BCUT2D eigenvalue weighted by Crippen LogP contribution is -1.98. The highest BCUT2D eigenvalue weighted by molar-refractivity contribution is 5.17. The van der Waals surface area contributed by atoms with Crippen LogP contribution in [0.3, 0.4) is 0 Å². The van der Waals surface area contributed by atoms with E-state index in [9.17, 15) is 0 Å². The van der Waals surface area contributed by atoms with Crippen LogP contribution in [0.15, 0.2) is 23.9 Å². The number of nitrogens with two attached hydrogens (primary N) is 1. The molecule has 0 aliphatic rings. The van der Waals surface area contributed by atoms with Gasteiger partial charge in [0.1, 0.15) is 0 Å². The van der Waals surface area contributed by atoms with Crippen molar-refractivity contribution < 1.29 is 9.78 Å². The summed E-state index contributed by atoms with van der Waals surface area (Å²) in [5.41, 5.74) is 7.17. The number of allylic oxidation sites excluding steroid dienone is 2. The summed E-state index contributed by atoms with van der Waals surface area (Å²) in [5.74, 6) is 0. The predicted molar refractivity (Wildman–Crippen MR) is 49.3 cm³/mol. The Morgan fingerprint density at radius 2 is 2.17 bits per heavy atom. The maximum atomic E-state index is 5.45. The first kappa shape index (κ1) is 11.2. The molecular weight excluding hydrogens is 154 g/mol. The molecule has 0 atom stereocenters. The second-order valence-corrected chi connectivity index (χ2v) is 2.53. The fourth-order valence-corrected chi connectivity index (χ4v) is 0.709. The summed E-state index contributed by atoms with van der Waals surface area (Å²) < 4.78 is 0. The van der Waals surface area contributed by atoms with Crippen LogP contribution in [0, 0.1) is 0 Å². The van der Waals surface area contributed by atoms with Crippen molar-refractivity contribution in [2.45, 2.75) is 20.3 Å². The second kappa shape index (κ2) is 6.88. The van der Waals surface area contributed by atoms with E-state index in [0.29, 0.717) is 13.2 Å². The van der Waals surface area contributed by atoms with Gasteiger partial charge in [0.15, 0.2) is 0 Å². The smallest absolute Gasteiger partial charge is 0.0862 e. The van der Waals surface area contributed by atoms with Crippen LogP contribution >= 0.6 is 0 Å². The van der Waals surface area contributed by atoms with Crippen LogP contribution in [-0.2, 0) is 9.78 Å². The molecule has 12 heavy (non-hydrogen) atoms. The minimum atomic E-state index is 0.524. The van der Waals surface area contributed by atoms with Gasteiger partial charge in [-0.05, 0) is 26.3 Å². The molecule has 0 aromatic rings. The van der Waals surface area contributed by atoms with E-state index in [-0.39, 0.29) is 0 Å². The van der Waals surface area contributed by atoms with E-state index in [1.165, 1.54) is 0 Å². The van der Waals surface area contributed by atoms with Crippen molar-refractivity contribution in [1.29, 1.82) is 0 Å². The molecule has 0 aliphatic heterocycles. The molecule has 0 radical (unpaired) electrons. The van der Waals surface area contributed by atoms with Crippen molar-refractivity contribution in [2.75, 3.05) is 13.2 Å². The topological polar surface area (TPSA) is 44.5 Å². The highest BCUT2D eigenvalue weighted by atomic mass is 17.2. The van der Waals surface area contributed by atoms with Gasteiger partial charge in [-0.1, -0.05) is 12.2 Å². The SMILES string of the molecule is C=C(/C=C(\C)N)CCOOCC. The average Bonchev–Trinajstić information content (AvgIpc) is 1.97. The third-order valence-electron chi connectivity index (χ3n) is 1.14. The van der Waals surface area contributed by atoms with Gasteiger partial charge < -0.3 is 5.73 Å². The molecule has 0 heterocycles. The van der Waals surface area contributed by atoms with Gasteiger partial charge in [-0.25, -0.2) is 9.78 Å². The van der Waals surface area contributed by atoms with Crippen LogP contribution in [0.4, 0.5) is 0 Å². The van der Waals surface area contributed by atoms with Crippen LogP contribution < -0.4 is 5.73 Å². The standard InChI is InChI=1S/C9H17NO2/c1-4-11-12-6-5-8(2)7-9(3)10/h7H,2,4-6,10H2,1,3H3/b9-7+. The average molecular weight is 171 g/mol. The molecule has 0 bridgehead atoms. The van der Waals surface area contributed by atoms with Gasteiger partial charge in [-0.3, -0.25) is 0 Å². The lowest BCUT2D eigenvalue weighted by Gasteiger charge is -2.01. The highest BCUT2D eigenvalue weighted by Crippen LogP contribution is 2.01. The first-order chi connectivity index (χ1) is 5.66. The largest absolute Gasteiger partial charge is 0.402 e. The maximum Gasteiger partial charge on any atom is 0.0862 e. The Bertz CT molecular complexity index is 160. The van der Waals surface area contributed by atoms with Crippen molar-refractivity contribution in [3.63, 3.8) is 0 Å².